The topological polar surface area (TPSA) is 12.0 Å². The molecule has 0 aliphatic heterocycles. The van der Waals surface area contributed by atoms with Crippen molar-refractivity contribution in [3.8, 4) is 0 Å². The fourth-order valence-corrected chi connectivity index (χ4v) is 3.49. The normalized spacial score (nSPS) is 12.7. The summed E-state index contributed by atoms with van der Waals surface area (Å²) in [7, 11) is 0. The molecule has 102 valence electrons. The smallest absolute Gasteiger partial charge is 0.123 e. The summed E-state index contributed by atoms with van der Waals surface area (Å²) in [4.78, 5) is 0. The Hall–Kier alpha value is -1.71. The number of rotatable bonds is 4. The predicted molar refractivity (Wildman–Crippen MR) is 83.7 cm³/mol. The van der Waals surface area contributed by atoms with Crippen LogP contribution in [-0.2, 0) is 0 Å². The molecule has 0 aliphatic rings. The van der Waals surface area contributed by atoms with Crippen LogP contribution in [0.3, 0.4) is 0 Å². The molecule has 1 aromatic heterocycles. The molecule has 0 amide bonds. The van der Waals surface area contributed by atoms with Gasteiger partial charge in [-0.3, -0.25) is 0 Å². The Morgan fingerprint density at radius 1 is 1.15 bits per heavy atom. The summed E-state index contributed by atoms with van der Waals surface area (Å²) >= 11 is 1.73. The number of hydrogen-bond donors (Lipinski definition) is 1. The van der Waals surface area contributed by atoms with Gasteiger partial charge in [0.25, 0.3) is 0 Å². The van der Waals surface area contributed by atoms with E-state index in [1.807, 2.05) is 6.07 Å². The van der Waals surface area contributed by atoms with E-state index in [0.717, 1.165) is 12.1 Å². The molecule has 0 spiro atoms. The Bertz CT molecular complexity index is 720. The van der Waals surface area contributed by atoms with Crippen molar-refractivity contribution in [2.45, 2.75) is 13.0 Å². The van der Waals surface area contributed by atoms with Crippen LogP contribution >= 0.6 is 11.3 Å². The van der Waals surface area contributed by atoms with Crippen molar-refractivity contribution in [2.75, 3.05) is 6.54 Å². The van der Waals surface area contributed by atoms with Gasteiger partial charge < -0.3 is 5.32 Å². The fourth-order valence-electron chi connectivity index (χ4n) is 2.54. The standard InChI is InChI=1S/C17H16FNS/c1-2-19-16(13-6-3-7-14(18)11-13)15-8-4-5-12-9-10-20-17(12)15/h3-11,16,19H,2H2,1H3. The van der Waals surface area contributed by atoms with Crippen LogP contribution in [-0.4, -0.2) is 6.54 Å². The third-order valence-electron chi connectivity index (χ3n) is 3.41. The van der Waals surface area contributed by atoms with E-state index in [9.17, 15) is 4.39 Å². The van der Waals surface area contributed by atoms with Gasteiger partial charge in [0.1, 0.15) is 5.82 Å². The van der Waals surface area contributed by atoms with Crippen molar-refractivity contribution in [3.05, 3.63) is 70.9 Å². The molecule has 3 heteroatoms. The maximum absolute atomic E-state index is 13.5. The van der Waals surface area contributed by atoms with Gasteiger partial charge in [-0.15, -0.1) is 11.3 Å². The van der Waals surface area contributed by atoms with Gasteiger partial charge in [-0.05, 0) is 46.6 Å². The molecule has 1 N–H and O–H groups in total. The number of thiophene rings is 1. The fraction of sp³-hybridized carbons (Fsp3) is 0.176. The van der Waals surface area contributed by atoms with Crippen LogP contribution < -0.4 is 5.32 Å². The quantitative estimate of drug-likeness (QED) is 0.730. The Morgan fingerprint density at radius 2 is 2.00 bits per heavy atom. The first-order valence-corrected chi connectivity index (χ1v) is 7.62. The van der Waals surface area contributed by atoms with Gasteiger partial charge >= 0.3 is 0 Å². The molecule has 2 aromatic carbocycles. The molecule has 0 bridgehead atoms. The van der Waals surface area contributed by atoms with Crippen LogP contribution in [0.4, 0.5) is 4.39 Å². The first-order chi connectivity index (χ1) is 9.79. The van der Waals surface area contributed by atoms with Gasteiger partial charge in [0.05, 0.1) is 6.04 Å². The molecular weight excluding hydrogens is 269 g/mol. The SMILES string of the molecule is CCNC(c1cccc(F)c1)c1cccc2ccsc12. The number of benzene rings is 2. The minimum Gasteiger partial charge on any atom is -0.306 e. The van der Waals surface area contributed by atoms with E-state index in [1.54, 1.807) is 23.5 Å². The van der Waals surface area contributed by atoms with Crippen LogP contribution in [0.1, 0.15) is 24.1 Å². The molecule has 1 heterocycles. The van der Waals surface area contributed by atoms with Gasteiger partial charge in [0.15, 0.2) is 0 Å². The van der Waals surface area contributed by atoms with E-state index in [1.165, 1.54) is 21.7 Å². The highest BCUT2D eigenvalue weighted by Gasteiger charge is 2.16. The Balaban J connectivity index is 2.13. The number of fused-ring (bicyclic) bond motifs is 1. The largest absolute Gasteiger partial charge is 0.306 e. The molecule has 3 rings (SSSR count). The monoisotopic (exact) mass is 285 g/mol. The van der Waals surface area contributed by atoms with E-state index in [0.29, 0.717) is 0 Å². The predicted octanol–water partition coefficient (Wildman–Crippen LogP) is 4.74. The molecule has 3 aromatic rings. The lowest BCUT2D eigenvalue weighted by Gasteiger charge is -2.20. The third-order valence-corrected chi connectivity index (χ3v) is 4.39. The molecule has 0 saturated carbocycles. The second kappa shape index (κ2) is 5.73. The number of halogens is 1. The van der Waals surface area contributed by atoms with E-state index in [-0.39, 0.29) is 11.9 Å². The van der Waals surface area contributed by atoms with E-state index in [4.69, 9.17) is 0 Å². The molecular formula is C17H16FNS. The molecule has 1 unspecified atom stereocenters. The summed E-state index contributed by atoms with van der Waals surface area (Å²) in [6, 6.07) is 15.3. The first-order valence-electron chi connectivity index (χ1n) is 6.74. The number of nitrogens with one attached hydrogen (secondary N) is 1. The van der Waals surface area contributed by atoms with Gasteiger partial charge in [-0.1, -0.05) is 37.3 Å². The second-order valence-corrected chi connectivity index (χ2v) is 5.65. The summed E-state index contributed by atoms with van der Waals surface area (Å²) in [5, 5.41) is 6.81. The van der Waals surface area contributed by atoms with Crippen molar-refractivity contribution in [2.24, 2.45) is 0 Å². The molecule has 0 fully saturated rings. The second-order valence-electron chi connectivity index (χ2n) is 4.73. The minimum atomic E-state index is -0.191. The summed E-state index contributed by atoms with van der Waals surface area (Å²) in [6.07, 6.45) is 0. The van der Waals surface area contributed by atoms with Crippen molar-refractivity contribution in [1.82, 2.24) is 5.32 Å². The highest BCUT2D eigenvalue weighted by atomic mass is 32.1. The first kappa shape index (κ1) is 13.3. The Kier molecular flexibility index (Phi) is 3.81. The zero-order valence-electron chi connectivity index (χ0n) is 11.3. The Labute approximate surface area is 122 Å². The number of hydrogen-bond acceptors (Lipinski definition) is 2. The van der Waals surface area contributed by atoms with Crippen LogP contribution in [0, 0.1) is 5.82 Å². The minimum absolute atomic E-state index is 0.0260. The average Bonchev–Trinajstić information content (AvgIpc) is 2.93. The maximum atomic E-state index is 13.5. The average molecular weight is 285 g/mol. The third kappa shape index (κ3) is 2.47. The van der Waals surface area contributed by atoms with Crippen LogP contribution in [0.25, 0.3) is 10.1 Å². The maximum Gasteiger partial charge on any atom is 0.123 e. The summed E-state index contributed by atoms with van der Waals surface area (Å²) < 4.78 is 14.8. The van der Waals surface area contributed by atoms with E-state index < -0.39 is 0 Å². The van der Waals surface area contributed by atoms with Gasteiger partial charge in [-0.2, -0.15) is 0 Å². The molecule has 1 atom stereocenters. The van der Waals surface area contributed by atoms with Crippen LogP contribution in [0.2, 0.25) is 0 Å². The molecule has 0 radical (unpaired) electrons. The summed E-state index contributed by atoms with van der Waals surface area (Å²) in [6.45, 7) is 2.91. The molecule has 0 saturated heterocycles. The van der Waals surface area contributed by atoms with Crippen LogP contribution in [0.5, 0.6) is 0 Å². The highest BCUT2D eigenvalue weighted by Crippen LogP contribution is 2.32. The lowest BCUT2D eigenvalue weighted by Crippen LogP contribution is -2.22. The van der Waals surface area contributed by atoms with Crippen molar-refractivity contribution >= 4 is 21.4 Å². The van der Waals surface area contributed by atoms with E-state index in [2.05, 4.69) is 41.9 Å². The summed E-state index contributed by atoms with van der Waals surface area (Å²) in [5.74, 6) is -0.191. The van der Waals surface area contributed by atoms with Crippen molar-refractivity contribution < 1.29 is 4.39 Å². The van der Waals surface area contributed by atoms with Gasteiger partial charge in [-0.25, -0.2) is 4.39 Å². The zero-order chi connectivity index (χ0) is 13.9. The Morgan fingerprint density at radius 3 is 2.80 bits per heavy atom. The molecule has 0 aliphatic carbocycles. The zero-order valence-corrected chi connectivity index (χ0v) is 12.1. The van der Waals surface area contributed by atoms with Crippen molar-refractivity contribution in [3.63, 3.8) is 0 Å². The van der Waals surface area contributed by atoms with Gasteiger partial charge in [0.2, 0.25) is 0 Å². The highest BCUT2D eigenvalue weighted by molar-refractivity contribution is 7.17. The molecule has 1 nitrogen and oxygen atoms in total. The van der Waals surface area contributed by atoms with Crippen molar-refractivity contribution in [1.29, 1.82) is 0 Å². The molecule has 20 heavy (non-hydrogen) atoms. The summed E-state index contributed by atoms with van der Waals surface area (Å²) in [5.41, 5.74) is 2.18. The van der Waals surface area contributed by atoms with Crippen LogP contribution in [0.15, 0.2) is 53.9 Å². The van der Waals surface area contributed by atoms with E-state index >= 15 is 0 Å². The lowest BCUT2D eigenvalue weighted by atomic mass is 9.97. The lowest BCUT2D eigenvalue weighted by molar-refractivity contribution is 0.605. The van der Waals surface area contributed by atoms with Gasteiger partial charge in [0, 0.05) is 4.70 Å².